The fourth-order valence-electron chi connectivity index (χ4n) is 2.68. The number of ether oxygens (including phenoxy) is 1. The molecule has 6 nitrogen and oxygen atoms in total. The van der Waals surface area contributed by atoms with Crippen molar-refractivity contribution < 1.29 is 19.4 Å². The van der Waals surface area contributed by atoms with Crippen LogP contribution in [0.2, 0.25) is 0 Å². The number of esters is 1. The topological polar surface area (TPSA) is 92.9 Å². The average molecular weight is 286 g/mol. The van der Waals surface area contributed by atoms with E-state index >= 15 is 0 Å². The molecule has 1 heterocycles. The molecule has 0 spiro atoms. The van der Waals surface area contributed by atoms with Gasteiger partial charge >= 0.3 is 5.97 Å². The zero-order valence-electron chi connectivity index (χ0n) is 12.7. The van der Waals surface area contributed by atoms with Crippen molar-refractivity contribution in [1.29, 1.82) is 0 Å². The lowest BCUT2D eigenvalue weighted by Crippen LogP contribution is -2.52. The highest BCUT2D eigenvalue weighted by molar-refractivity contribution is 5.88. The summed E-state index contributed by atoms with van der Waals surface area (Å²) in [5.41, 5.74) is 5.86. The molecule has 0 unspecified atom stereocenters. The summed E-state index contributed by atoms with van der Waals surface area (Å²) in [6.07, 6.45) is -0.154. The van der Waals surface area contributed by atoms with Crippen LogP contribution >= 0.6 is 0 Å². The molecule has 0 aromatic carbocycles. The Labute approximate surface area is 120 Å². The Morgan fingerprint density at radius 1 is 1.45 bits per heavy atom. The number of methoxy groups -OCH3 is 1. The molecule has 0 aliphatic carbocycles. The molecule has 4 atom stereocenters. The Bertz CT molecular complexity index is 359. The third-order valence-electron chi connectivity index (χ3n) is 3.67. The van der Waals surface area contributed by atoms with Crippen LogP contribution in [-0.4, -0.2) is 53.7 Å². The number of carbonyl (C=O) groups excluding carboxylic acids is 2. The first-order valence-electron chi connectivity index (χ1n) is 7.09. The van der Waals surface area contributed by atoms with Gasteiger partial charge in [-0.15, -0.1) is 0 Å². The van der Waals surface area contributed by atoms with E-state index in [2.05, 4.69) is 0 Å². The number of likely N-dealkylation sites (tertiary alicyclic amines) is 1. The third kappa shape index (κ3) is 3.93. The first kappa shape index (κ1) is 16.9. The molecular formula is C14H26N2O4. The predicted octanol–water partition coefficient (Wildman–Crippen LogP) is 0.131. The number of nitrogens with two attached hydrogens (primary N) is 1. The molecule has 1 saturated heterocycles. The van der Waals surface area contributed by atoms with Crippen LogP contribution in [0.4, 0.5) is 0 Å². The van der Waals surface area contributed by atoms with E-state index in [1.54, 1.807) is 0 Å². The Hall–Kier alpha value is -1.14. The third-order valence-corrected chi connectivity index (χ3v) is 3.67. The lowest BCUT2D eigenvalue weighted by Gasteiger charge is -2.28. The van der Waals surface area contributed by atoms with E-state index in [0.717, 1.165) is 0 Å². The van der Waals surface area contributed by atoms with Gasteiger partial charge in [0.05, 0.1) is 7.11 Å². The maximum atomic E-state index is 12.3. The smallest absolute Gasteiger partial charge is 0.328 e. The van der Waals surface area contributed by atoms with Crippen LogP contribution in [0.25, 0.3) is 0 Å². The molecule has 0 radical (unpaired) electrons. The highest BCUT2D eigenvalue weighted by atomic mass is 16.5. The number of aliphatic hydroxyl groups is 1. The number of hydrogen-bond donors (Lipinski definition) is 2. The van der Waals surface area contributed by atoms with Crippen molar-refractivity contribution in [2.75, 3.05) is 13.7 Å². The average Bonchev–Trinajstić information content (AvgIpc) is 2.77. The van der Waals surface area contributed by atoms with Crippen molar-refractivity contribution in [3.05, 3.63) is 0 Å². The summed E-state index contributed by atoms with van der Waals surface area (Å²) in [7, 11) is 1.30. The fourth-order valence-corrected chi connectivity index (χ4v) is 2.68. The van der Waals surface area contributed by atoms with Gasteiger partial charge in [0, 0.05) is 12.6 Å². The van der Waals surface area contributed by atoms with Gasteiger partial charge in [-0.3, -0.25) is 4.79 Å². The van der Waals surface area contributed by atoms with Crippen LogP contribution in [0.3, 0.4) is 0 Å². The zero-order valence-corrected chi connectivity index (χ0v) is 12.7. The van der Waals surface area contributed by atoms with Gasteiger partial charge in [-0.2, -0.15) is 0 Å². The van der Waals surface area contributed by atoms with E-state index < -0.39 is 30.1 Å². The molecule has 1 rings (SSSR count). The van der Waals surface area contributed by atoms with E-state index in [0.29, 0.717) is 25.3 Å². The molecule has 116 valence electrons. The fraction of sp³-hybridized carbons (Fsp3) is 0.857. The molecule has 0 aromatic heterocycles. The minimum atomic E-state index is -1.27. The van der Waals surface area contributed by atoms with E-state index in [9.17, 15) is 14.7 Å². The van der Waals surface area contributed by atoms with E-state index in [4.69, 9.17) is 10.5 Å². The first-order chi connectivity index (χ1) is 9.27. The molecule has 0 bridgehead atoms. The minimum absolute atomic E-state index is 0.205. The summed E-state index contributed by atoms with van der Waals surface area (Å²) in [6.45, 7) is 6.37. The number of aliphatic hydroxyl groups excluding tert-OH is 1. The standard InChI is InChI=1S/C14H26N2O4/c1-8(2)5-10(15)12(17)13(18)16-7-9(3)6-11(16)14(19)20-4/h8-12,17H,5-7,15H2,1-4H3/t9-,10+,11-,12-/m0/s1. The van der Waals surface area contributed by atoms with Gasteiger partial charge in [0.2, 0.25) is 0 Å². The zero-order chi connectivity index (χ0) is 15.4. The van der Waals surface area contributed by atoms with Gasteiger partial charge in [-0.1, -0.05) is 20.8 Å². The molecule has 1 amide bonds. The summed E-state index contributed by atoms with van der Waals surface area (Å²) in [4.78, 5) is 25.5. The Kier molecular flexibility index (Phi) is 5.95. The molecule has 0 saturated carbocycles. The van der Waals surface area contributed by atoms with Crippen molar-refractivity contribution in [3.8, 4) is 0 Å². The summed E-state index contributed by atoms with van der Waals surface area (Å²) >= 11 is 0. The highest BCUT2D eigenvalue weighted by Crippen LogP contribution is 2.25. The lowest BCUT2D eigenvalue weighted by atomic mass is 9.99. The number of amides is 1. The number of nitrogens with zero attached hydrogens (tertiary/aromatic N) is 1. The normalized spacial score (nSPS) is 25.6. The maximum absolute atomic E-state index is 12.3. The summed E-state index contributed by atoms with van der Waals surface area (Å²) < 4.78 is 4.72. The van der Waals surface area contributed by atoms with Crippen LogP contribution in [0.1, 0.15) is 33.6 Å². The van der Waals surface area contributed by atoms with Crippen molar-refractivity contribution in [2.24, 2.45) is 17.6 Å². The van der Waals surface area contributed by atoms with Crippen LogP contribution in [-0.2, 0) is 14.3 Å². The molecule has 1 fully saturated rings. The maximum Gasteiger partial charge on any atom is 0.328 e. The Morgan fingerprint density at radius 3 is 2.55 bits per heavy atom. The molecule has 20 heavy (non-hydrogen) atoms. The molecule has 1 aliphatic heterocycles. The largest absolute Gasteiger partial charge is 0.467 e. The van der Waals surface area contributed by atoms with Gasteiger partial charge in [0.15, 0.2) is 0 Å². The number of hydrogen-bond acceptors (Lipinski definition) is 5. The number of carbonyl (C=O) groups is 2. The lowest BCUT2D eigenvalue weighted by molar-refractivity contribution is -0.154. The van der Waals surface area contributed by atoms with Gasteiger partial charge in [0.25, 0.3) is 5.91 Å². The van der Waals surface area contributed by atoms with Crippen LogP contribution in [0, 0.1) is 11.8 Å². The second-order valence-electron chi connectivity index (χ2n) is 6.11. The van der Waals surface area contributed by atoms with Crippen molar-refractivity contribution in [2.45, 2.75) is 51.8 Å². The molecule has 1 aliphatic rings. The Morgan fingerprint density at radius 2 is 2.05 bits per heavy atom. The van der Waals surface area contributed by atoms with Crippen LogP contribution in [0.5, 0.6) is 0 Å². The van der Waals surface area contributed by atoms with Crippen molar-refractivity contribution >= 4 is 11.9 Å². The van der Waals surface area contributed by atoms with Gasteiger partial charge in [-0.05, 0) is 24.7 Å². The van der Waals surface area contributed by atoms with Crippen molar-refractivity contribution in [3.63, 3.8) is 0 Å². The molecular weight excluding hydrogens is 260 g/mol. The van der Waals surface area contributed by atoms with Crippen LogP contribution < -0.4 is 5.73 Å². The second kappa shape index (κ2) is 7.04. The molecule has 3 N–H and O–H groups in total. The van der Waals surface area contributed by atoms with E-state index in [1.807, 2.05) is 20.8 Å². The van der Waals surface area contributed by atoms with Crippen molar-refractivity contribution in [1.82, 2.24) is 4.90 Å². The number of rotatable bonds is 5. The SMILES string of the molecule is COC(=O)[C@@H]1C[C@H](C)CN1C(=O)[C@@H](O)[C@H](N)CC(C)C. The quantitative estimate of drug-likeness (QED) is 0.701. The molecule has 0 aromatic rings. The minimum Gasteiger partial charge on any atom is -0.467 e. The summed E-state index contributed by atoms with van der Waals surface area (Å²) in [5, 5.41) is 10.1. The first-order valence-corrected chi connectivity index (χ1v) is 7.09. The highest BCUT2D eigenvalue weighted by Gasteiger charge is 2.41. The summed E-state index contributed by atoms with van der Waals surface area (Å²) in [5.74, 6) is -0.414. The van der Waals surface area contributed by atoms with Gasteiger partial charge < -0.3 is 20.5 Å². The van der Waals surface area contributed by atoms with E-state index in [1.165, 1.54) is 12.0 Å². The predicted molar refractivity (Wildman–Crippen MR) is 74.7 cm³/mol. The van der Waals surface area contributed by atoms with Gasteiger partial charge in [-0.25, -0.2) is 4.79 Å². The second-order valence-corrected chi connectivity index (χ2v) is 6.11. The molecule has 6 heteroatoms. The monoisotopic (exact) mass is 286 g/mol. The van der Waals surface area contributed by atoms with E-state index in [-0.39, 0.29) is 5.92 Å². The van der Waals surface area contributed by atoms with Gasteiger partial charge in [0.1, 0.15) is 12.1 Å². The Balaban J connectivity index is 2.76. The summed E-state index contributed by atoms with van der Waals surface area (Å²) in [6, 6.07) is -1.22. The van der Waals surface area contributed by atoms with Crippen LogP contribution in [0.15, 0.2) is 0 Å².